The summed E-state index contributed by atoms with van der Waals surface area (Å²) in [7, 11) is 1.87. The molecule has 0 aliphatic carbocycles. The number of anilines is 2. The lowest BCUT2D eigenvalue weighted by Gasteiger charge is -2.39. The third-order valence-corrected chi connectivity index (χ3v) is 6.97. The predicted octanol–water partition coefficient (Wildman–Crippen LogP) is 2.96. The van der Waals surface area contributed by atoms with Crippen molar-refractivity contribution in [2.75, 3.05) is 31.6 Å². The molecule has 0 radical (unpaired) electrons. The van der Waals surface area contributed by atoms with Crippen LogP contribution in [0.3, 0.4) is 0 Å². The molecule has 1 aromatic carbocycles. The van der Waals surface area contributed by atoms with Crippen molar-refractivity contribution in [1.29, 1.82) is 0 Å². The van der Waals surface area contributed by atoms with Crippen molar-refractivity contribution < 1.29 is 14.2 Å². The van der Waals surface area contributed by atoms with E-state index in [1.165, 1.54) is 0 Å². The summed E-state index contributed by atoms with van der Waals surface area (Å²) in [5.41, 5.74) is 3.26. The highest BCUT2D eigenvalue weighted by molar-refractivity contribution is 6.32. The minimum absolute atomic E-state index is 0.140. The maximum Gasteiger partial charge on any atom is 0.227 e. The highest BCUT2D eigenvalue weighted by atomic mass is 35.5. The fourth-order valence-corrected chi connectivity index (χ4v) is 4.93. The van der Waals surface area contributed by atoms with E-state index in [-0.39, 0.29) is 18.5 Å². The number of nitrogens with zero attached hydrogens (tertiary/aromatic N) is 5. The number of nitrogens with one attached hydrogen (secondary N) is 1. The number of fused-ring (bicyclic) bond motifs is 1. The van der Waals surface area contributed by atoms with Crippen LogP contribution in [0.1, 0.15) is 23.6 Å². The fourth-order valence-electron chi connectivity index (χ4n) is 4.61. The molecule has 2 N–H and O–H groups in total. The van der Waals surface area contributed by atoms with Gasteiger partial charge in [0.05, 0.1) is 48.5 Å². The second-order valence-electron chi connectivity index (χ2n) is 8.60. The third-order valence-electron chi connectivity index (χ3n) is 6.64. The van der Waals surface area contributed by atoms with Crippen LogP contribution >= 0.6 is 11.6 Å². The van der Waals surface area contributed by atoms with Gasteiger partial charge in [-0.1, -0.05) is 11.6 Å². The number of hydrogen-bond acceptors (Lipinski definition) is 7. The van der Waals surface area contributed by atoms with Crippen molar-refractivity contribution in [2.45, 2.75) is 37.6 Å². The van der Waals surface area contributed by atoms with Gasteiger partial charge in [-0.05, 0) is 37.6 Å². The number of alkyl halides is 1. The minimum atomic E-state index is -1.09. The molecule has 0 saturated carbocycles. The molecule has 0 bridgehead atoms. The van der Waals surface area contributed by atoms with E-state index >= 15 is 4.39 Å². The molecule has 2 saturated heterocycles. The molecule has 2 fully saturated rings. The van der Waals surface area contributed by atoms with E-state index in [0.29, 0.717) is 42.7 Å². The lowest BCUT2D eigenvalue weighted by atomic mass is 9.86. The van der Waals surface area contributed by atoms with Crippen LogP contribution in [0.2, 0.25) is 5.02 Å². The van der Waals surface area contributed by atoms with E-state index in [0.717, 1.165) is 22.3 Å². The Labute approximate surface area is 190 Å². The first-order chi connectivity index (χ1) is 15.4. The zero-order chi connectivity index (χ0) is 22.4. The van der Waals surface area contributed by atoms with Gasteiger partial charge in [-0.25, -0.2) is 14.4 Å². The summed E-state index contributed by atoms with van der Waals surface area (Å²) in [6.07, 6.45) is 2.39. The Morgan fingerprint density at radius 1 is 1.28 bits per heavy atom. The van der Waals surface area contributed by atoms with Crippen LogP contribution < -0.4 is 5.32 Å². The molecule has 5 rings (SSSR count). The van der Waals surface area contributed by atoms with Crippen molar-refractivity contribution in [3.63, 3.8) is 0 Å². The van der Waals surface area contributed by atoms with Crippen LogP contribution in [0.15, 0.2) is 24.5 Å². The van der Waals surface area contributed by atoms with Gasteiger partial charge in [0, 0.05) is 36.1 Å². The Morgan fingerprint density at radius 2 is 2.12 bits per heavy atom. The molecule has 2 aromatic heterocycles. The van der Waals surface area contributed by atoms with E-state index in [9.17, 15) is 5.11 Å². The number of rotatable bonds is 4. The number of aryl methyl sites for hydroxylation is 1. The predicted molar refractivity (Wildman–Crippen MR) is 120 cm³/mol. The second-order valence-corrected chi connectivity index (χ2v) is 9.00. The molecule has 2 aliphatic rings. The van der Waals surface area contributed by atoms with Gasteiger partial charge in [-0.3, -0.25) is 9.58 Å². The summed E-state index contributed by atoms with van der Waals surface area (Å²) in [5, 5.41) is 18.8. The van der Waals surface area contributed by atoms with Crippen LogP contribution in [-0.2, 0) is 11.8 Å². The first-order valence-corrected chi connectivity index (χ1v) is 11.1. The molecule has 0 unspecified atom stereocenters. The molecule has 8 nitrogen and oxygen atoms in total. The van der Waals surface area contributed by atoms with E-state index in [2.05, 4.69) is 20.4 Å². The molecule has 4 atom stereocenters. The van der Waals surface area contributed by atoms with Crippen molar-refractivity contribution in [3.05, 3.63) is 40.8 Å². The zero-order valence-corrected chi connectivity index (χ0v) is 18.8. The number of aliphatic hydroxyl groups is 1. The Kier molecular flexibility index (Phi) is 5.75. The SMILES string of the molecule is Cc1c(Nc2ncc3cc(Cl)c([C@@H]4CCN([C@H]5COC[C@H]5O)C[C@H]4F)cc3n2)cnn1C. The number of aliphatic hydroxyl groups excluding tert-OH is 1. The number of aromatic nitrogens is 4. The standard InChI is InChI=1S/C22H26ClFN6O2/c1-12-19(8-26-29(12)2)28-22-25-7-13-5-16(23)15(6-18(13)27-22)14-3-4-30(9-17(14)24)20-10-32-11-21(20)31/h5-8,14,17,20-21,31H,3-4,9-11H2,1-2H3,(H,25,27,28)/t14-,17+,20-,21+/m0/s1. The topological polar surface area (TPSA) is 88.3 Å². The van der Waals surface area contributed by atoms with Crippen LogP contribution in [0.5, 0.6) is 0 Å². The summed E-state index contributed by atoms with van der Waals surface area (Å²) in [4.78, 5) is 11.0. The number of likely N-dealkylation sites (tertiary alicyclic amines) is 1. The maximum atomic E-state index is 15.3. The summed E-state index contributed by atoms with van der Waals surface area (Å²) in [6.45, 7) is 3.65. The van der Waals surface area contributed by atoms with Crippen LogP contribution in [0, 0.1) is 6.92 Å². The quantitative estimate of drug-likeness (QED) is 0.618. The minimum Gasteiger partial charge on any atom is -0.389 e. The Morgan fingerprint density at radius 3 is 2.81 bits per heavy atom. The van der Waals surface area contributed by atoms with Gasteiger partial charge >= 0.3 is 0 Å². The smallest absolute Gasteiger partial charge is 0.227 e. The first kappa shape index (κ1) is 21.5. The highest BCUT2D eigenvalue weighted by Crippen LogP contribution is 2.37. The van der Waals surface area contributed by atoms with Crippen LogP contribution in [0.4, 0.5) is 16.0 Å². The molecule has 32 heavy (non-hydrogen) atoms. The van der Waals surface area contributed by atoms with Gasteiger partial charge in [-0.15, -0.1) is 0 Å². The Bertz CT molecular complexity index is 1140. The van der Waals surface area contributed by atoms with Gasteiger partial charge < -0.3 is 15.2 Å². The van der Waals surface area contributed by atoms with E-state index in [1.54, 1.807) is 23.1 Å². The summed E-state index contributed by atoms with van der Waals surface area (Å²) >= 11 is 6.56. The molecule has 10 heteroatoms. The molecule has 3 aromatic rings. The summed E-state index contributed by atoms with van der Waals surface area (Å²) < 4.78 is 22.4. The van der Waals surface area contributed by atoms with Gasteiger partial charge in [0.1, 0.15) is 6.17 Å². The molecule has 0 spiro atoms. The van der Waals surface area contributed by atoms with Gasteiger partial charge in [-0.2, -0.15) is 5.10 Å². The monoisotopic (exact) mass is 460 g/mol. The Hall–Kier alpha value is -2.33. The zero-order valence-electron chi connectivity index (χ0n) is 18.0. The number of hydrogen-bond donors (Lipinski definition) is 2. The number of halogens is 2. The second kappa shape index (κ2) is 8.55. The first-order valence-electron chi connectivity index (χ1n) is 10.8. The average Bonchev–Trinajstić information content (AvgIpc) is 3.34. The van der Waals surface area contributed by atoms with E-state index in [4.69, 9.17) is 16.3 Å². The van der Waals surface area contributed by atoms with Crippen molar-refractivity contribution in [3.8, 4) is 0 Å². The molecule has 0 amide bonds. The Balaban J connectivity index is 1.39. The van der Waals surface area contributed by atoms with Gasteiger partial charge in [0.15, 0.2) is 0 Å². The highest BCUT2D eigenvalue weighted by Gasteiger charge is 2.39. The largest absolute Gasteiger partial charge is 0.389 e. The summed E-state index contributed by atoms with van der Waals surface area (Å²) in [6, 6.07) is 3.54. The number of piperidine rings is 1. The normalized spacial score (nSPS) is 26.7. The lowest BCUT2D eigenvalue weighted by molar-refractivity contribution is 0.0353. The average molecular weight is 461 g/mol. The van der Waals surface area contributed by atoms with E-state index in [1.807, 2.05) is 24.9 Å². The van der Waals surface area contributed by atoms with Crippen LogP contribution in [-0.4, -0.2) is 74.4 Å². The van der Waals surface area contributed by atoms with Gasteiger partial charge in [0.25, 0.3) is 0 Å². The number of ether oxygens (including phenoxy) is 1. The lowest BCUT2D eigenvalue weighted by Crippen LogP contribution is -2.50. The molecular formula is C22H26ClFN6O2. The molecule has 4 heterocycles. The van der Waals surface area contributed by atoms with Crippen molar-refractivity contribution in [1.82, 2.24) is 24.6 Å². The van der Waals surface area contributed by atoms with Gasteiger partial charge in [0.2, 0.25) is 5.95 Å². The summed E-state index contributed by atoms with van der Waals surface area (Å²) in [5.74, 6) is 0.123. The van der Waals surface area contributed by atoms with Crippen LogP contribution in [0.25, 0.3) is 10.9 Å². The van der Waals surface area contributed by atoms with Crippen molar-refractivity contribution >= 4 is 34.1 Å². The third kappa shape index (κ3) is 3.94. The molecule has 170 valence electrons. The molecule has 2 aliphatic heterocycles. The van der Waals surface area contributed by atoms with E-state index < -0.39 is 12.3 Å². The number of benzene rings is 1. The van der Waals surface area contributed by atoms with Crippen molar-refractivity contribution in [2.24, 2.45) is 7.05 Å². The fraction of sp³-hybridized carbons (Fsp3) is 0.500. The molecular weight excluding hydrogens is 435 g/mol. The maximum absolute atomic E-state index is 15.3.